The maximum atomic E-state index is 12.3. The average molecular weight is 358 g/mol. The number of likely N-dealkylation sites (tertiary alicyclic amines) is 1. The monoisotopic (exact) mass is 357 g/mol. The van der Waals surface area contributed by atoms with E-state index >= 15 is 0 Å². The zero-order valence-electron chi connectivity index (χ0n) is 16.2. The Hall–Kier alpha value is -1.95. The fraction of sp³-hybridized carbons (Fsp3) is 0.650. The lowest BCUT2D eigenvalue weighted by molar-refractivity contribution is 0.0952. The highest BCUT2D eigenvalue weighted by atomic mass is 16.1. The van der Waals surface area contributed by atoms with Crippen LogP contribution in [0, 0.1) is 5.92 Å². The van der Waals surface area contributed by atoms with Crippen molar-refractivity contribution in [2.45, 2.75) is 52.5 Å². The van der Waals surface area contributed by atoms with Gasteiger partial charge in [-0.25, -0.2) is 9.67 Å². The molecule has 1 amide bonds. The summed E-state index contributed by atoms with van der Waals surface area (Å²) in [5.41, 5.74) is 1.43. The van der Waals surface area contributed by atoms with Crippen molar-refractivity contribution in [1.29, 1.82) is 0 Å². The molecule has 3 heterocycles. The highest BCUT2D eigenvalue weighted by Crippen LogP contribution is 2.17. The molecule has 3 rings (SSSR count). The number of hydrogen-bond donors (Lipinski definition) is 1. The molecule has 1 aliphatic heterocycles. The second-order valence-corrected chi connectivity index (χ2v) is 7.83. The molecule has 142 valence electrons. The van der Waals surface area contributed by atoms with Crippen LogP contribution in [0.15, 0.2) is 18.5 Å². The smallest absolute Gasteiger partial charge is 0.252 e. The second-order valence-electron chi connectivity index (χ2n) is 7.83. The molecule has 1 saturated heterocycles. The number of nitrogens with one attached hydrogen (secondary N) is 1. The highest BCUT2D eigenvalue weighted by Gasteiger charge is 2.15. The molecule has 6 nitrogen and oxygen atoms in total. The van der Waals surface area contributed by atoms with E-state index in [2.05, 4.69) is 41.1 Å². The number of nitrogens with zero attached hydrogens (tertiary/aromatic N) is 4. The van der Waals surface area contributed by atoms with E-state index in [0.29, 0.717) is 12.1 Å². The van der Waals surface area contributed by atoms with Crippen molar-refractivity contribution >= 4 is 16.9 Å². The summed E-state index contributed by atoms with van der Waals surface area (Å²) in [6, 6.07) is 2.13. The summed E-state index contributed by atoms with van der Waals surface area (Å²) in [5.74, 6) is 0.772. The molecule has 0 bridgehead atoms. The van der Waals surface area contributed by atoms with Crippen LogP contribution in [0.1, 0.15) is 62.9 Å². The molecule has 0 aromatic carbocycles. The largest absolute Gasteiger partial charge is 0.352 e. The van der Waals surface area contributed by atoms with E-state index in [4.69, 9.17) is 0 Å². The third kappa shape index (κ3) is 4.61. The molecule has 1 N–H and O–H groups in total. The van der Waals surface area contributed by atoms with Gasteiger partial charge in [-0.3, -0.25) is 4.79 Å². The van der Waals surface area contributed by atoms with Crippen molar-refractivity contribution in [2.24, 2.45) is 5.92 Å². The maximum absolute atomic E-state index is 12.3. The Labute approximate surface area is 156 Å². The van der Waals surface area contributed by atoms with Crippen LogP contribution < -0.4 is 5.32 Å². The van der Waals surface area contributed by atoms with Crippen LogP contribution >= 0.6 is 0 Å². The molecule has 1 fully saturated rings. The van der Waals surface area contributed by atoms with Gasteiger partial charge in [-0.2, -0.15) is 5.10 Å². The Bertz CT molecular complexity index is 739. The zero-order chi connectivity index (χ0) is 18.5. The number of carbonyl (C=O) groups is 1. The van der Waals surface area contributed by atoms with E-state index in [9.17, 15) is 4.79 Å². The van der Waals surface area contributed by atoms with Crippen molar-refractivity contribution in [1.82, 2.24) is 25.0 Å². The Kier molecular flexibility index (Phi) is 6.25. The van der Waals surface area contributed by atoms with Crippen molar-refractivity contribution in [2.75, 3.05) is 26.2 Å². The minimum Gasteiger partial charge on any atom is -0.352 e. The van der Waals surface area contributed by atoms with Gasteiger partial charge in [-0.05, 0) is 64.6 Å². The number of unbranched alkanes of at least 4 members (excludes halogenated alkanes) is 1. The Balaban J connectivity index is 1.44. The first-order chi connectivity index (χ1) is 12.5. The summed E-state index contributed by atoms with van der Waals surface area (Å²) in [6.45, 7) is 10.8. The standard InChI is InChI=1S/C20H31N5O/c1-15(2)25-19-17(13-23-25)11-18(12-22-19)20(26)21-8-4-5-9-24-10-6-7-16(3)14-24/h11-13,15-16H,4-10,14H2,1-3H3,(H,21,26). The van der Waals surface area contributed by atoms with Crippen LogP contribution in [0.25, 0.3) is 11.0 Å². The average Bonchev–Trinajstić information content (AvgIpc) is 3.04. The fourth-order valence-electron chi connectivity index (χ4n) is 3.70. The predicted molar refractivity (Wildman–Crippen MR) is 104 cm³/mol. The summed E-state index contributed by atoms with van der Waals surface area (Å²) in [7, 11) is 0. The van der Waals surface area contributed by atoms with Gasteiger partial charge >= 0.3 is 0 Å². The van der Waals surface area contributed by atoms with Crippen molar-refractivity contribution in [3.63, 3.8) is 0 Å². The lowest BCUT2D eigenvalue weighted by Gasteiger charge is -2.30. The lowest BCUT2D eigenvalue weighted by Crippen LogP contribution is -2.35. The van der Waals surface area contributed by atoms with Gasteiger partial charge in [0.25, 0.3) is 5.91 Å². The molecule has 0 saturated carbocycles. The number of fused-ring (bicyclic) bond motifs is 1. The van der Waals surface area contributed by atoms with Crippen LogP contribution in [0.2, 0.25) is 0 Å². The van der Waals surface area contributed by atoms with Crippen LogP contribution in [0.5, 0.6) is 0 Å². The molecular weight excluding hydrogens is 326 g/mol. The molecule has 2 aromatic rings. The Morgan fingerprint density at radius 3 is 2.96 bits per heavy atom. The molecule has 1 aliphatic rings. The summed E-state index contributed by atoms with van der Waals surface area (Å²) in [5, 5.41) is 8.27. The number of hydrogen-bond acceptors (Lipinski definition) is 4. The molecule has 0 spiro atoms. The Morgan fingerprint density at radius 2 is 2.19 bits per heavy atom. The first-order valence-corrected chi connectivity index (χ1v) is 9.88. The topological polar surface area (TPSA) is 63.1 Å². The van der Waals surface area contributed by atoms with E-state index in [0.717, 1.165) is 36.3 Å². The number of amides is 1. The summed E-state index contributed by atoms with van der Waals surface area (Å²) in [6.07, 6.45) is 8.25. The molecular formula is C20H31N5O. The predicted octanol–water partition coefficient (Wildman–Crippen LogP) is 3.25. The third-order valence-corrected chi connectivity index (χ3v) is 5.11. The number of rotatable bonds is 7. The minimum absolute atomic E-state index is 0.0525. The third-order valence-electron chi connectivity index (χ3n) is 5.11. The SMILES string of the molecule is CC1CCCN(CCCCNC(=O)c2cnc3c(cnn3C(C)C)c2)C1. The summed E-state index contributed by atoms with van der Waals surface area (Å²) < 4.78 is 1.87. The first-order valence-electron chi connectivity index (χ1n) is 9.88. The zero-order valence-corrected chi connectivity index (χ0v) is 16.2. The second kappa shape index (κ2) is 8.62. The van der Waals surface area contributed by atoms with Gasteiger partial charge in [0.15, 0.2) is 5.65 Å². The van der Waals surface area contributed by atoms with Gasteiger partial charge in [0.05, 0.1) is 11.8 Å². The maximum Gasteiger partial charge on any atom is 0.252 e. The molecule has 0 radical (unpaired) electrons. The molecule has 2 aromatic heterocycles. The molecule has 6 heteroatoms. The number of carbonyl (C=O) groups excluding carboxylic acids is 1. The van der Waals surface area contributed by atoms with Crippen molar-refractivity contribution < 1.29 is 4.79 Å². The number of aromatic nitrogens is 3. The quantitative estimate of drug-likeness (QED) is 0.773. The van der Waals surface area contributed by atoms with Gasteiger partial charge in [-0.15, -0.1) is 0 Å². The van der Waals surface area contributed by atoms with Crippen molar-refractivity contribution in [3.8, 4) is 0 Å². The van der Waals surface area contributed by atoms with E-state index in [1.807, 2.05) is 10.7 Å². The molecule has 1 atom stereocenters. The van der Waals surface area contributed by atoms with Crippen LogP contribution in [0.3, 0.4) is 0 Å². The van der Waals surface area contributed by atoms with Gasteiger partial charge < -0.3 is 10.2 Å². The normalized spacial score (nSPS) is 18.5. The fourth-order valence-corrected chi connectivity index (χ4v) is 3.70. The lowest BCUT2D eigenvalue weighted by atomic mass is 10.0. The van der Waals surface area contributed by atoms with Gasteiger partial charge in [-0.1, -0.05) is 6.92 Å². The van der Waals surface area contributed by atoms with Crippen molar-refractivity contribution in [3.05, 3.63) is 24.0 Å². The van der Waals surface area contributed by atoms with E-state index in [1.54, 1.807) is 12.4 Å². The van der Waals surface area contributed by atoms with Gasteiger partial charge in [0.1, 0.15) is 0 Å². The number of piperidine rings is 1. The van der Waals surface area contributed by atoms with E-state index < -0.39 is 0 Å². The van der Waals surface area contributed by atoms with E-state index in [-0.39, 0.29) is 11.9 Å². The Morgan fingerprint density at radius 1 is 1.35 bits per heavy atom. The highest BCUT2D eigenvalue weighted by molar-refractivity contribution is 5.96. The minimum atomic E-state index is -0.0525. The summed E-state index contributed by atoms with van der Waals surface area (Å²) >= 11 is 0. The number of pyridine rings is 1. The molecule has 1 unspecified atom stereocenters. The molecule has 26 heavy (non-hydrogen) atoms. The van der Waals surface area contributed by atoms with Gasteiger partial charge in [0.2, 0.25) is 0 Å². The van der Waals surface area contributed by atoms with Crippen LogP contribution in [0.4, 0.5) is 0 Å². The summed E-state index contributed by atoms with van der Waals surface area (Å²) in [4.78, 5) is 19.3. The van der Waals surface area contributed by atoms with E-state index in [1.165, 1.54) is 25.9 Å². The molecule has 0 aliphatic carbocycles. The first kappa shape index (κ1) is 18.8. The van der Waals surface area contributed by atoms with Crippen LogP contribution in [-0.2, 0) is 0 Å². The van der Waals surface area contributed by atoms with Crippen LogP contribution in [-0.4, -0.2) is 51.8 Å². The van der Waals surface area contributed by atoms with Gasteiger partial charge in [0, 0.05) is 30.7 Å².